The van der Waals surface area contributed by atoms with Crippen LogP contribution in [-0.4, -0.2) is 6.54 Å². The van der Waals surface area contributed by atoms with E-state index in [-0.39, 0.29) is 0 Å². The largest absolute Gasteiger partial charge is 0.367 e. The molecule has 0 saturated carbocycles. The molecule has 2 heteroatoms. The number of anilines is 1. The van der Waals surface area contributed by atoms with E-state index in [1.165, 1.54) is 27.9 Å². The molecule has 0 radical (unpaired) electrons. The van der Waals surface area contributed by atoms with E-state index in [9.17, 15) is 0 Å². The Morgan fingerprint density at radius 3 is 2.40 bits per heavy atom. The van der Waals surface area contributed by atoms with E-state index in [1.807, 2.05) is 0 Å². The fraction of sp³-hybridized carbons (Fsp3) is 0.333. The summed E-state index contributed by atoms with van der Waals surface area (Å²) in [5, 5.41) is 0. The van der Waals surface area contributed by atoms with Crippen molar-refractivity contribution in [1.29, 1.82) is 0 Å². The molecule has 0 saturated heterocycles. The number of hydrogen-bond acceptors (Lipinski definition) is 2. The van der Waals surface area contributed by atoms with Crippen LogP contribution in [0.1, 0.15) is 29.2 Å². The molecular weight excluding hydrogens is 244 g/mol. The Balaban J connectivity index is 2.31. The molecule has 0 heterocycles. The molecule has 20 heavy (non-hydrogen) atoms. The zero-order valence-electron chi connectivity index (χ0n) is 12.7. The van der Waals surface area contributed by atoms with Crippen LogP contribution in [0, 0.1) is 13.8 Å². The molecule has 2 aromatic rings. The first-order chi connectivity index (χ1) is 9.65. The average molecular weight is 268 g/mol. The van der Waals surface area contributed by atoms with Crippen LogP contribution in [0.4, 0.5) is 5.69 Å². The van der Waals surface area contributed by atoms with Crippen molar-refractivity contribution >= 4 is 5.69 Å². The fourth-order valence-electron chi connectivity index (χ4n) is 2.55. The van der Waals surface area contributed by atoms with Crippen LogP contribution in [0.5, 0.6) is 0 Å². The van der Waals surface area contributed by atoms with Crippen molar-refractivity contribution in [2.45, 2.75) is 33.9 Å². The standard InChI is InChI=1S/C18H24N2/c1-4-20(13-16-8-6-5-7-15(16)3)18-10-9-14(2)11-17(18)12-19/h5-11H,4,12-13,19H2,1-3H3. The van der Waals surface area contributed by atoms with E-state index in [1.54, 1.807) is 0 Å². The molecule has 0 bridgehead atoms. The van der Waals surface area contributed by atoms with Crippen molar-refractivity contribution in [3.63, 3.8) is 0 Å². The number of aryl methyl sites for hydroxylation is 2. The molecule has 0 unspecified atom stereocenters. The summed E-state index contributed by atoms with van der Waals surface area (Å²) in [6.07, 6.45) is 0. The van der Waals surface area contributed by atoms with Gasteiger partial charge in [0.05, 0.1) is 0 Å². The first-order valence-electron chi connectivity index (χ1n) is 7.24. The predicted molar refractivity (Wildman–Crippen MR) is 87.0 cm³/mol. The van der Waals surface area contributed by atoms with Gasteiger partial charge in [-0.25, -0.2) is 0 Å². The molecule has 0 aliphatic heterocycles. The van der Waals surface area contributed by atoms with Crippen molar-refractivity contribution in [3.05, 3.63) is 64.7 Å². The molecule has 0 fully saturated rings. The van der Waals surface area contributed by atoms with Crippen LogP contribution in [0.2, 0.25) is 0 Å². The second kappa shape index (κ2) is 6.58. The van der Waals surface area contributed by atoms with E-state index < -0.39 is 0 Å². The van der Waals surface area contributed by atoms with Crippen molar-refractivity contribution in [2.75, 3.05) is 11.4 Å². The number of benzene rings is 2. The minimum absolute atomic E-state index is 0.585. The molecule has 0 spiro atoms. The van der Waals surface area contributed by atoms with Crippen molar-refractivity contribution in [3.8, 4) is 0 Å². The van der Waals surface area contributed by atoms with Gasteiger partial charge in [0.2, 0.25) is 0 Å². The topological polar surface area (TPSA) is 29.3 Å². The summed E-state index contributed by atoms with van der Waals surface area (Å²) in [7, 11) is 0. The van der Waals surface area contributed by atoms with Gasteiger partial charge >= 0.3 is 0 Å². The highest BCUT2D eigenvalue weighted by molar-refractivity contribution is 5.55. The highest BCUT2D eigenvalue weighted by atomic mass is 15.1. The quantitative estimate of drug-likeness (QED) is 0.894. The third-order valence-corrected chi connectivity index (χ3v) is 3.80. The van der Waals surface area contributed by atoms with Crippen molar-refractivity contribution in [2.24, 2.45) is 5.73 Å². The van der Waals surface area contributed by atoms with Gasteiger partial charge in [0.1, 0.15) is 0 Å². The van der Waals surface area contributed by atoms with Gasteiger partial charge in [-0.1, -0.05) is 42.0 Å². The summed E-state index contributed by atoms with van der Waals surface area (Å²) < 4.78 is 0. The zero-order chi connectivity index (χ0) is 14.5. The maximum absolute atomic E-state index is 5.91. The van der Waals surface area contributed by atoms with Gasteiger partial charge in [-0.2, -0.15) is 0 Å². The molecule has 0 atom stereocenters. The van der Waals surface area contributed by atoms with Crippen LogP contribution < -0.4 is 10.6 Å². The molecular formula is C18H24N2. The van der Waals surface area contributed by atoms with Gasteiger partial charge in [-0.05, 0) is 43.5 Å². The molecule has 0 aromatic heterocycles. The third-order valence-electron chi connectivity index (χ3n) is 3.80. The predicted octanol–water partition coefficient (Wildman–Crippen LogP) is 3.79. The average Bonchev–Trinajstić information content (AvgIpc) is 2.46. The van der Waals surface area contributed by atoms with Gasteiger partial charge in [0, 0.05) is 25.3 Å². The summed E-state index contributed by atoms with van der Waals surface area (Å²) in [6, 6.07) is 15.1. The normalized spacial score (nSPS) is 10.6. The van der Waals surface area contributed by atoms with Gasteiger partial charge < -0.3 is 10.6 Å². The molecule has 2 rings (SSSR count). The Kier molecular flexibility index (Phi) is 4.80. The molecule has 106 valence electrons. The fourth-order valence-corrected chi connectivity index (χ4v) is 2.55. The van der Waals surface area contributed by atoms with E-state index in [0.29, 0.717) is 6.54 Å². The van der Waals surface area contributed by atoms with Crippen LogP contribution in [0.3, 0.4) is 0 Å². The van der Waals surface area contributed by atoms with Crippen LogP contribution in [0.25, 0.3) is 0 Å². The van der Waals surface area contributed by atoms with E-state index in [4.69, 9.17) is 5.73 Å². The first-order valence-corrected chi connectivity index (χ1v) is 7.24. The molecule has 0 amide bonds. The maximum Gasteiger partial charge on any atom is 0.0432 e. The minimum atomic E-state index is 0.585. The molecule has 2 nitrogen and oxygen atoms in total. The van der Waals surface area contributed by atoms with E-state index >= 15 is 0 Å². The number of hydrogen-bond donors (Lipinski definition) is 1. The summed E-state index contributed by atoms with van der Waals surface area (Å²) in [6.45, 7) is 8.96. The molecule has 0 aliphatic carbocycles. The molecule has 2 N–H and O–H groups in total. The van der Waals surface area contributed by atoms with Gasteiger partial charge in [0.15, 0.2) is 0 Å². The second-order valence-corrected chi connectivity index (χ2v) is 5.28. The molecule has 2 aromatic carbocycles. The Hall–Kier alpha value is -1.80. The monoisotopic (exact) mass is 268 g/mol. The lowest BCUT2D eigenvalue weighted by molar-refractivity contribution is 0.817. The Bertz CT molecular complexity index is 575. The van der Waals surface area contributed by atoms with Crippen molar-refractivity contribution in [1.82, 2.24) is 0 Å². The summed E-state index contributed by atoms with van der Waals surface area (Å²) in [4.78, 5) is 2.39. The molecule has 0 aliphatic rings. The third kappa shape index (κ3) is 3.20. The highest BCUT2D eigenvalue weighted by Gasteiger charge is 2.10. The second-order valence-electron chi connectivity index (χ2n) is 5.28. The van der Waals surface area contributed by atoms with Gasteiger partial charge in [-0.3, -0.25) is 0 Å². The van der Waals surface area contributed by atoms with E-state index in [0.717, 1.165) is 13.1 Å². The lowest BCUT2D eigenvalue weighted by Gasteiger charge is -2.26. The van der Waals surface area contributed by atoms with Gasteiger partial charge in [-0.15, -0.1) is 0 Å². The zero-order valence-corrected chi connectivity index (χ0v) is 12.7. The van der Waals surface area contributed by atoms with Crippen molar-refractivity contribution < 1.29 is 0 Å². The lowest BCUT2D eigenvalue weighted by atomic mass is 10.1. The minimum Gasteiger partial charge on any atom is -0.367 e. The highest BCUT2D eigenvalue weighted by Crippen LogP contribution is 2.24. The lowest BCUT2D eigenvalue weighted by Crippen LogP contribution is -2.24. The Labute approximate surface area is 122 Å². The van der Waals surface area contributed by atoms with Crippen LogP contribution in [-0.2, 0) is 13.1 Å². The number of rotatable bonds is 5. The van der Waals surface area contributed by atoms with Crippen LogP contribution in [0.15, 0.2) is 42.5 Å². The van der Waals surface area contributed by atoms with Crippen LogP contribution >= 0.6 is 0 Å². The smallest absolute Gasteiger partial charge is 0.0432 e. The first kappa shape index (κ1) is 14.6. The van der Waals surface area contributed by atoms with Gasteiger partial charge in [0.25, 0.3) is 0 Å². The summed E-state index contributed by atoms with van der Waals surface area (Å²) in [5.41, 5.74) is 12.4. The summed E-state index contributed by atoms with van der Waals surface area (Å²) >= 11 is 0. The Morgan fingerprint density at radius 1 is 1.00 bits per heavy atom. The number of nitrogens with zero attached hydrogens (tertiary/aromatic N) is 1. The maximum atomic E-state index is 5.91. The number of nitrogens with two attached hydrogens (primary N) is 1. The SMILES string of the molecule is CCN(Cc1ccccc1C)c1ccc(C)cc1CN. The Morgan fingerprint density at radius 2 is 1.75 bits per heavy atom. The van der Waals surface area contributed by atoms with E-state index in [2.05, 4.69) is 68.1 Å². The summed E-state index contributed by atoms with van der Waals surface area (Å²) in [5.74, 6) is 0.